The van der Waals surface area contributed by atoms with Crippen molar-refractivity contribution < 1.29 is 5.11 Å². The number of hydrogen-bond acceptors (Lipinski definition) is 2. The Bertz CT molecular complexity index is 742. The molecule has 0 aliphatic rings. The lowest BCUT2D eigenvalue weighted by Crippen LogP contribution is -1.93. The minimum absolute atomic E-state index is 0.00806. The number of imidazole rings is 1. The highest BCUT2D eigenvalue weighted by Crippen LogP contribution is 2.22. The number of pyridine rings is 1. The van der Waals surface area contributed by atoms with E-state index in [0.29, 0.717) is 5.92 Å². The molecule has 3 rings (SSSR count). The molecule has 21 heavy (non-hydrogen) atoms. The van der Waals surface area contributed by atoms with Crippen molar-refractivity contribution in [2.24, 2.45) is 5.92 Å². The summed E-state index contributed by atoms with van der Waals surface area (Å²) in [5, 5.41) is 9.38. The molecule has 0 unspecified atom stereocenters. The summed E-state index contributed by atoms with van der Waals surface area (Å²) in [6, 6.07) is 12.4. The number of benzene rings is 1. The molecule has 3 aromatic rings. The predicted octanol–water partition coefficient (Wildman–Crippen LogP) is 3.69. The van der Waals surface area contributed by atoms with Crippen LogP contribution in [0.3, 0.4) is 0 Å². The summed E-state index contributed by atoms with van der Waals surface area (Å²) in [4.78, 5) is 4.65. The standard InChI is InChI=1S/C18H20N2O/c1-13(2)10-14-5-7-15(8-6-14)17-11-20-9-3-4-16(12-21)18(20)19-17/h3-9,11,13,21H,10,12H2,1-2H3. The molecule has 0 amide bonds. The lowest BCUT2D eigenvalue weighted by molar-refractivity contribution is 0.282. The molecule has 0 radical (unpaired) electrons. The van der Waals surface area contributed by atoms with Gasteiger partial charge in [0.15, 0.2) is 0 Å². The van der Waals surface area contributed by atoms with Crippen LogP contribution in [0, 0.1) is 5.92 Å². The van der Waals surface area contributed by atoms with E-state index in [1.807, 2.05) is 28.9 Å². The van der Waals surface area contributed by atoms with E-state index in [4.69, 9.17) is 0 Å². The van der Waals surface area contributed by atoms with Crippen molar-refractivity contribution in [1.29, 1.82) is 0 Å². The minimum atomic E-state index is 0.00806. The summed E-state index contributed by atoms with van der Waals surface area (Å²) < 4.78 is 1.96. The molecule has 0 saturated heterocycles. The van der Waals surface area contributed by atoms with Crippen LogP contribution in [0.25, 0.3) is 16.9 Å². The average molecular weight is 280 g/mol. The van der Waals surface area contributed by atoms with Gasteiger partial charge in [-0.3, -0.25) is 0 Å². The Morgan fingerprint density at radius 1 is 1.14 bits per heavy atom. The maximum Gasteiger partial charge on any atom is 0.142 e. The third-order valence-electron chi connectivity index (χ3n) is 3.63. The highest BCUT2D eigenvalue weighted by atomic mass is 16.3. The normalized spacial score (nSPS) is 11.4. The van der Waals surface area contributed by atoms with E-state index in [2.05, 4.69) is 43.1 Å². The number of aliphatic hydroxyl groups is 1. The zero-order chi connectivity index (χ0) is 14.8. The van der Waals surface area contributed by atoms with Crippen molar-refractivity contribution in [3.05, 3.63) is 59.9 Å². The van der Waals surface area contributed by atoms with Gasteiger partial charge in [-0.1, -0.05) is 44.2 Å². The van der Waals surface area contributed by atoms with Crippen molar-refractivity contribution in [2.75, 3.05) is 0 Å². The van der Waals surface area contributed by atoms with Crippen LogP contribution < -0.4 is 0 Å². The van der Waals surface area contributed by atoms with E-state index >= 15 is 0 Å². The first-order chi connectivity index (χ1) is 10.2. The number of rotatable bonds is 4. The highest BCUT2D eigenvalue weighted by molar-refractivity contribution is 5.64. The Kier molecular flexibility index (Phi) is 3.76. The van der Waals surface area contributed by atoms with Gasteiger partial charge in [-0.25, -0.2) is 4.98 Å². The summed E-state index contributed by atoms with van der Waals surface area (Å²) in [5.41, 5.74) is 5.07. The second-order valence-electron chi connectivity index (χ2n) is 5.84. The molecule has 3 heteroatoms. The molecule has 2 heterocycles. The molecule has 0 atom stereocenters. The Balaban J connectivity index is 1.96. The third kappa shape index (κ3) is 2.83. The van der Waals surface area contributed by atoms with E-state index in [1.54, 1.807) is 0 Å². The Labute approximate surface area is 124 Å². The van der Waals surface area contributed by atoms with E-state index in [0.717, 1.165) is 28.9 Å². The van der Waals surface area contributed by atoms with E-state index in [1.165, 1.54) is 5.56 Å². The number of fused-ring (bicyclic) bond motifs is 1. The fourth-order valence-electron chi connectivity index (χ4n) is 2.62. The SMILES string of the molecule is CC(C)Cc1ccc(-c2cn3cccc(CO)c3n2)cc1. The van der Waals surface area contributed by atoms with Gasteiger partial charge in [0.05, 0.1) is 12.3 Å². The molecular formula is C18H20N2O. The van der Waals surface area contributed by atoms with Gasteiger partial charge < -0.3 is 9.51 Å². The topological polar surface area (TPSA) is 37.5 Å². The van der Waals surface area contributed by atoms with Crippen molar-refractivity contribution in [3.8, 4) is 11.3 Å². The first-order valence-electron chi connectivity index (χ1n) is 7.34. The average Bonchev–Trinajstić information content (AvgIpc) is 2.91. The molecule has 0 aliphatic carbocycles. The van der Waals surface area contributed by atoms with Gasteiger partial charge in [-0.05, 0) is 24.0 Å². The van der Waals surface area contributed by atoms with Crippen LogP contribution in [-0.4, -0.2) is 14.5 Å². The second kappa shape index (κ2) is 5.70. The van der Waals surface area contributed by atoms with Gasteiger partial charge in [0.2, 0.25) is 0 Å². The molecule has 0 bridgehead atoms. The maximum atomic E-state index is 9.38. The summed E-state index contributed by atoms with van der Waals surface area (Å²) in [7, 11) is 0. The van der Waals surface area contributed by atoms with E-state index in [-0.39, 0.29) is 6.61 Å². The molecule has 0 spiro atoms. The quantitative estimate of drug-likeness (QED) is 0.791. The lowest BCUT2D eigenvalue weighted by atomic mass is 10.0. The van der Waals surface area contributed by atoms with Crippen LogP contribution in [0.4, 0.5) is 0 Å². The fourth-order valence-corrected chi connectivity index (χ4v) is 2.62. The van der Waals surface area contributed by atoms with Crippen LogP contribution in [0.15, 0.2) is 48.8 Å². The predicted molar refractivity (Wildman–Crippen MR) is 85.1 cm³/mol. The molecule has 1 N–H and O–H groups in total. The summed E-state index contributed by atoms with van der Waals surface area (Å²) in [5.74, 6) is 0.665. The zero-order valence-electron chi connectivity index (χ0n) is 12.5. The Hall–Kier alpha value is -2.13. The highest BCUT2D eigenvalue weighted by Gasteiger charge is 2.07. The number of aliphatic hydroxyl groups excluding tert-OH is 1. The van der Waals surface area contributed by atoms with E-state index < -0.39 is 0 Å². The summed E-state index contributed by atoms with van der Waals surface area (Å²) in [6.45, 7) is 4.47. The first-order valence-corrected chi connectivity index (χ1v) is 7.34. The summed E-state index contributed by atoms with van der Waals surface area (Å²) >= 11 is 0. The van der Waals surface area contributed by atoms with Gasteiger partial charge in [-0.15, -0.1) is 0 Å². The van der Waals surface area contributed by atoms with Crippen molar-refractivity contribution in [3.63, 3.8) is 0 Å². The molecule has 0 saturated carbocycles. The molecule has 0 aliphatic heterocycles. The molecule has 1 aromatic carbocycles. The lowest BCUT2D eigenvalue weighted by Gasteiger charge is -2.05. The van der Waals surface area contributed by atoms with Gasteiger partial charge in [0.1, 0.15) is 5.65 Å². The minimum Gasteiger partial charge on any atom is -0.392 e. The smallest absolute Gasteiger partial charge is 0.142 e. The van der Waals surface area contributed by atoms with Crippen LogP contribution in [0.1, 0.15) is 25.0 Å². The number of nitrogens with zero attached hydrogens (tertiary/aromatic N) is 2. The van der Waals surface area contributed by atoms with Gasteiger partial charge >= 0.3 is 0 Å². The molecule has 2 aromatic heterocycles. The van der Waals surface area contributed by atoms with Crippen LogP contribution >= 0.6 is 0 Å². The van der Waals surface area contributed by atoms with E-state index in [9.17, 15) is 5.11 Å². The maximum absolute atomic E-state index is 9.38. The number of aromatic nitrogens is 2. The molecule has 108 valence electrons. The van der Waals surface area contributed by atoms with Crippen LogP contribution in [-0.2, 0) is 13.0 Å². The van der Waals surface area contributed by atoms with Crippen LogP contribution in [0.2, 0.25) is 0 Å². The molecular weight excluding hydrogens is 260 g/mol. The van der Waals surface area contributed by atoms with Gasteiger partial charge in [0.25, 0.3) is 0 Å². The molecule has 3 nitrogen and oxygen atoms in total. The van der Waals surface area contributed by atoms with Gasteiger partial charge in [0, 0.05) is 23.5 Å². The Morgan fingerprint density at radius 3 is 2.57 bits per heavy atom. The summed E-state index contributed by atoms with van der Waals surface area (Å²) in [6.07, 6.45) is 5.06. The van der Waals surface area contributed by atoms with Crippen molar-refractivity contribution in [1.82, 2.24) is 9.38 Å². The van der Waals surface area contributed by atoms with Crippen LogP contribution in [0.5, 0.6) is 0 Å². The Morgan fingerprint density at radius 2 is 1.90 bits per heavy atom. The van der Waals surface area contributed by atoms with Gasteiger partial charge in [-0.2, -0.15) is 0 Å². The monoisotopic (exact) mass is 280 g/mol. The molecule has 0 fully saturated rings. The largest absolute Gasteiger partial charge is 0.392 e. The van der Waals surface area contributed by atoms with Crippen molar-refractivity contribution >= 4 is 5.65 Å². The fraction of sp³-hybridized carbons (Fsp3) is 0.278. The van der Waals surface area contributed by atoms with Crippen molar-refractivity contribution in [2.45, 2.75) is 26.9 Å². The number of hydrogen-bond donors (Lipinski definition) is 1. The second-order valence-corrected chi connectivity index (χ2v) is 5.84. The third-order valence-corrected chi connectivity index (χ3v) is 3.63. The first kappa shape index (κ1) is 13.8. The zero-order valence-corrected chi connectivity index (χ0v) is 12.5.